The van der Waals surface area contributed by atoms with Crippen LogP contribution in [0.3, 0.4) is 0 Å². The molecule has 2 aliphatic heterocycles. The molecule has 1 aromatic heterocycles. The Bertz CT molecular complexity index is 939. The van der Waals surface area contributed by atoms with Crippen LogP contribution < -0.4 is 0 Å². The lowest BCUT2D eigenvalue weighted by atomic mass is 9.96. The number of aromatic amines is 1. The fourth-order valence-corrected chi connectivity index (χ4v) is 4.10. The molecule has 25 heavy (non-hydrogen) atoms. The second-order valence-corrected chi connectivity index (χ2v) is 7.10. The molecule has 0 spiro atoms. The van der Waals surface area contributed by atoms with Crippen LogP contribution in [0, 0.1) is 0 Å². The maximum Gasteiger partial charge on any atom is 0.256 e. The van der Waals surface area contributed by atoms with E-state index < -0.39 is 0 Å². The number of hydrogen-bond acceptors (Lipinski definition) is 2. The van der Waals surface area contributed by atoms with Crippen molar-refractivity contribution >= 4 is 16.8 Å². The molecule has 4 heteroatoms. The third kappa shape index (κ3) is 2.45. The fraction of sp³-hybridized carbons (Fsp3) is 0.286. The van der Waals surface area contributed by atoms with Gasteiger partial charge in [-0.25, -0.2) is 0 Å². The molecule has 3 heterocycles. The van der Waals surface area contributed by atoms with Gasteiger partial charge in [0.25, 0.3) is 5.91 Å². The van der Waals surface area contributed by atoms with Crippen LogP contribution in [0.4, 0.5) is 0 Å². The SMILES string of the molecule is O=C(c1c[nH]c2ccccc12)N1CC(N2CCc3ccccc3C2)C1. The van der Waals surface area contributed by atoms with E-state index in [1.165, 1.54) is 11.1 Å². The number of benzene rings is 2. The molecule has 1 N–H and O–H groups in total. The Morgan fingerprint density at radius 3 is 2.64 bits per heavy atom. The van der Waals surface area contributed by atoms with Crippen molar-refractivity contribution < 1.29 is 4.79 Å². The van der Waals surface area contributed by atoms with Crippen LogP contribution in [0.5, 0.6) is 0 Å². The highest BCUT2D eigenvalue weighted by molar-refractivity contribution is 6.07. The maximum atomic E-state index is 12.8. The first-order chi connectivity index (χ1) is 12.3. The zero-order chi connectivity index (χ0) is 16.8. The highest BCUT2D eigenvalue weighted by Crippen LogP contribution is 2.27. The number of carbonyl (C=O) groups is 1. The average molecular weight is 331 g/mol. The molecule has 2 aliphatic rings. The molecule has 0 bridgehead atoms. The van der Waals surface area contributed by atoms with Crippen LogP contribution in [-0.2, 0) is 13.0 Å². The number of carbonyl (C=O) groups excluding carboxylic acids is 1. The van der Waals surface area contributed by atoms with Gasteiger partial charge in [-0.1, -0.05) is 42.5 Å². The number of H-pyrrole nitrogens is 1. The molecule has 126 valence electrons. The monoisotopic (exact) mass is 331 g/mol. The standard InChI is InChI=1S/C21H21N3O/c25-21(19-11-22-20-8-4-3-7-18(19)20)24-13-17(14-24)23-10-9-15-5-1-2-6-16(15)12-23/h1-8,11,17,22H,9-10,12-14H2. The van der Waals surface area contributed by atoms with Gasteiger partial charge in [0.2, 0.25) is 0 Å². The van der Waals surface area contributed by atoms with E-state index >= 15 is 0 Å². The van der Waals surface area contributed by atoms with Crippen molar-refractivity contribution in [1.82, 2.24) is 14.8 Å². The van der Waals surface area contributed by atoms with Crippen LogP contribution in [0.1, 0.15) is 21.5 Å². The van der Waals surface area contributed by atoms with Crippen LogP contribution in [-0.4, -0.2) is 46.4 Å². The second-order valence-electron chi connectivity index (χ2n) is 7.10. The predicted molar refractivity (Wildman–Crippen MR) is 98.5 cm³/mol. The molecule has 3 aromatic rings. The number of nitrogens with one attached hydrogen (secondary N) is 1. The van der Waals surface area contributed by atoms with Crippen molar-refractivity contribution in [2.75, 3.05) is 19.6 Å². The summed E-state index contributed by atoms with van der Waals surface area (Å²) in [6.45, 7) is 3.77. The Kier molecular flexibility index (Phi) is 3.38. The Morgan fingerprint density at radius 2 is 1.76 bits per heavy atom. The maximum absolute atomic E-state index is 12.8. The summed E-state index contributed by atoms with van der Waals surface area (Å²) < 4.78 is 0. The molecule has 0 atom stereocenters. The Hall–Kier alpha value is -2.59. The number of rotatable bonds is 2. The highest BCUT2D eigenvalue weighted by atomic mass is 16.2. The van der Waals surface area contributed by atoms with Gasteiger partial charge in [0.1, 0.15) is 0 Å². The van der Waals surface area contributed by atoms with Crippen molar-refractivity contribution in [2.24, 2.45) is 0 Å². The number of para-hydroxylation sites is 1. The van der Waals surface area contributed by atoms with Crippen LogP contribution in [0.15, 0.2) is 54.7 Å². The fourth-order valence-electron chi connectivity index (χ4n) is 4.10. The smallest absolute Gasteiger partial charge is 0.256 e. The molecule has 1 fully saturated rings. The molecule has 0 aliphatic carbocycles. The van der Waals surface area contributed by atoms with Gasteiger partial charge in [-0.15, -0.1) is 0 Å². The summed E-state index contributed by atoms with van der Waals surface area (Å²) in [5, 5.41) is 1.02. The Labute approximate surface area is 147 Å². The summed E-state index contributed by atoms with van der Waals surface area (Å²) in [6.07, 6.45) is 2.96. The van der Waals surface area contributed by atoms with Crippen molar-refractivity contribution in [2.45, 2.75) is 19.0 Å². The van der Waals surface area contributed by atoms with Crippen LogP contribution >= 0.6 is 0 Å². The van der Waals surface area contributed by atoms with Crippen molar-refractivity contribution in [1.29, 1.82) is 0 Å². The molecule has 1 amide bonds. The average Bonchev–Trinajstić information content (AvgIpc) is 3.04. The van der Waals surface area contributed by atoms with Gasteiger partial charge in [-0.3, -0.25) is 9.69 Å². The Morgan fingerprint density at radius 1 is 1.00 bits per heavy atom. The van der Waals surface area contributed by atoms with Gasteiger partial charge in [0.05, 0.1) is 5.56 Å². The van der Waals surface area contributed by atoms with Crippen LogP contribution in [0.25, 0.3) is 10.9 Å². The minimum Gasteiger partial charge on any atom is -0.360 e. The molecule has 4 nitrogen and oxygen atoms in total. The molecular formula is C21H21N3O. The normalized spacial score (nSPS) is 18.2. The van der Waals surface area contributed by atoms with E-state index in [0.29, 0.717) is 6.04 Å². The van der Waals surface area contributed by atoms with Crippen molar-refractivity contribution in [3.05, 3.63) is 71.4 Å². The lowest BCUT2D eigenvalue weighted by molar-refractivity contribution is 0.0220. The highest BCUT2D eigenvalue weighted by Gasteiger charge is 2.36. The van der Waals surface area contributed by atoms with E-state index in [2.05, 4.69) is 34.1 Å². The van der Waals surface area contributed by atoms with Gasteiger partial charge in [0, 0.05) is 49.3 Å². The molecular weight excluding hydrogens is 310 g/mol. The minimum absolute atomic E-state index is 0.145. The number of aromatic nitrogens is 1. The van der Waals surface area contributed by atoms with E-state index in [4.69, 9.17) is 0 Å². The van der Waals surface area contributed by atoms with Gasteiger partial charge in [0.15, 0.2) is 0 Å². The summed E-state index contributed by atoms with van der Waals surface area (Å²) in [5.74, 6) is 0.145. The Balaban J connectivity index is 1.27. The second kappa shape index (κ2) is 5.74. The molecule has 2 aromatic carbocycles. The predicted octanol–water partition coefficient (Wildman–Crippen LogP) is 3.05. The number of fused-ring (bicyclic) bond motifs is 2. The number of hydrogen-bond donors (Lipinski definition) is 1. The number of likely N-dealkylation sites (tertiary alicyclic amines) is 1. The zero-order valence-corrected chi connectivity index (χ0v) is 14.1. The zero-order valence-electron chi connectivity index (χ0n) is 14.1. The lowest BCUT2D eigenvalue weighted by Crippen LogP contribution is -2.61. The number of amides is 1. The van der Waals surface area contributed by atoms with E-state index in [0.717, 1.165) is 49.1 Å². The summed E-state index contributed by atoms with van der Waals surface area (Å²) in [4.78, 5) is 20.5. The topological polar surface area (TPSA) is 39.3 Å². The largest absolute Gasteiger partial charge is 0.360 e. The van der Waals surface area contributed by atoms with Gasteiger partial charge in [-0.05, 0) is 23.6 Å². The molecule has 0 saturated carbocycles. The van der Waals surface area contributed by atoms with E-state index in [1.54, 1.807) is 0 Å². The first-order valence-electron chi connectivity index (χ1n) is 8.96. The first-order valence-corrected chi connectivity index (χ1v) is 8.96. The van der Waals surface area contributed by atoms with Gasteiger partial charge < -0.3 is 9.88 Å². The van der Waals surface area contributed by atoms with E-state index in [9.17, 15) is 4.79 Å². The quantitative estimate of drug-likeness (QED) is 0.784. The van der Waals surface area contributed by atoms with E-state index in [1.807, 2.05) is 35.4 Å². The summed E-state index contributed by atoms with van der Waals surface area (Å²) in [7, 11) is 0. The van der Waals surface area contributed by atoms with Gasteiger partial charge >= 0.3 is 0 Å². The van der Waals surface area contributed by atoms with Crippen molar-refractivity contribution in [3.8, 4) is 0 Å². The number of nitrogens with zero attached hydrogens (tertiary/aromatic N) is 2. The third-order valence-corrected chi connectivity index (χ3v) is 5.65. The minimum atomic E-state index is 0.145. The summed E-state index contributed by atoms with van der Waals surface area (Å²) in [5.41, 5.74) is 4.73. The summed E-state index contributed by atoms with van der Waals surface area (Å²) >= 11 is 0. The van der Waals surface area contributed by atoms with Gasteiger partial charge in [-0.2, -0.15) is 0 Å². The summed E-state index contributed by atoms with van der Waals surface area (Å²) in [6, 6.07) is 17.2. The van der Waals surface area contributed by atoms with Crippen LogP contribution in [0.2, 0.25) is 0 Å². The van der Waals surface area contributed by atoms with Crippen molar-refractivity contribution in [3.63, 3.8) is 0 Å². The van der Waals surface area contributed by atoms with E-state index in [-0.39, 0.29) is 5.91 Å². The third-order valence-electron chi connectivity index (χ3n) is 5.65. The molecule has 0 unspecified atom stereocenters. The first kappa shape index (κ1) is 14.7. The molecule has 1 saturated heterocycles. The molecule has 0 radical (unpaired) electrons. The molecule has 5 rings (SSSR count). The lowest BCUT2D eigenvalue weighted by Gasteiger charge is -2.46.